The van der Waals surface area contributed by atoms with Gasteiger partial charge in [-0.1, -0.05) is 6.92 Å². The summed E-state index contributed by atoms with van der Waals surface area (Å²) in [6, 6.07) is 0.495. The number of rotatable bonds is 2. The van der Waals surface area contributed by atoms with Crippen molar-refractivity contribution in [1.82, 2.24) is 9.78 Å². The number of nitrogens with zero attached hydrogens (tertiary/aromatic N) is 2. The van der Waals surface area contributed by atoms with E-state index >= 15 is 0 Å². The van der Waals surface area contributed by atoms with Gasteiger partial charge in [0.05, 0.1) is 15.9 Å². The van der Waals surface area contributed by atoms with Crippen LogP contribution >= 0.6 is 15.9 Å². The highest BCUT2D eigenvalue weighted by Crippen LogP contribution is 2.23. The van der Waals surface area contributed by atoms with Crippen molar-refractivity contribution >= 4 is 15.9 Å². The molecule has 1 atom stereocenters. The van der Waals surface area contributed by atoms with Gasteiger partial charge < -0.3 is 0 Å². The van der Waals surface area contributed by atoms with Crippen molar-refractivity contribution in [2.45, 2.75) is 40.2 Å². The largest absolute Gasteiger partial charge is 0.266 e. The molecule has 0 saturated carbocycles. The van der Waals surface area contributed by atoms with Gasteiger partial charge in [-0.15, -0.1) is 0 Å². The first kappa shape index (κ1) is 9.78. The molecule has 1 aromatic heterocycles. The van der Waals surface area contributed by atoms with Gasteiger partial charge in [0.1, 0.15) is 0 Å². The fourth-order valence-electron chi connectivity index (χ4n) is 1.24. The van der Waals surface area contributed by atoms with Gasteiger partial charge >= 0.3 is 0 Å². The number of hydrogen-bond donors (Lipinski definition) is 0. The number of aromatic nitrogens is 2. The van der Waals surface area contributed by atoms with Gasteiger partial charge in [-0.05, 0) is 43.1 Å². The molecule has 2 nitrogen and oxygen atoms in total. The highest BCUT2D eigenvalue weighted by molar-refractivity contribution is 9.10. The van der Waals surface area contributed by atoms with Crippen LogP contribution < -0.4 is 0 Å². The Hall–Kier alpha value is -0.310. The lowest BCUT2D eigenvalue weighted by Crippen LogP contribution is -2.07. The van der Waals surface area contributed by atoms with Crippen LogP contribution in [-0.2, 0) is 0 Å². The SMILES string of the molecule is CCC(C)n1nc(C)c(Br)c1C. The van der Waals surface area contributed by atoms with E-state index in [4.69, 9.17) is 0 Å². The van der Waals surface area contributed by atoms with Gasteiger partial charge in [0, 0.05) is 6.04 Å². The first-order valence-corrected chi connectivity index (χ1v) is 5.08. The molecule has 0 N–H and O–H groups in total. The average molecular weight is 231 g/mol. The summed E-state index contributed by atoms with van der Waals surface area (Å²) in [4.78, 5) is 0. The smallest absolute Gasteiger partial charge is 0.0738 e. The van der Waals surface area contributed by atoms with E-state index in [1.807, 2.05) is 6.92 Å². The van der Waals surface area contributed by atoms with Crippen LogP contribution in [0.2, 0.25) is 0 Å². The lowest BCUT2D eigenvalue weighted by atomic mass is 10.2. The van der Waals surface area contributed by atoms with Gasteiger partial charge in [0.15, 0.2) is 0 Å². The van der Waals surface area contributed by atoms with Crippen LogP contribution in [0, 0.1) is 13.8 Å². The monoisotopic (exact) mass is 230 g/mol. The van der Waals surface area contributed by atoms with Gasteiger partial charge in [-0.25, -0.2) is 0 Å². The molecule has 0 aliphatic rings. The van der Waals surface area contributed by atoms with Crippen molar-refractivity contribution in [3.63, 3.8) is 0 Å². The second-order valence-corrected chi connectivity index (χ2v) is 3.98. The third kappa shape index (κ3) is 1.56. The first-order valence-electron chi connectivity index (χ1n) is 4.29. The fourth-order valence-corrected chi connectivity index (χ4v) is 1.51. The van der Waals surface area contributed by atoms with E-state index in [0.717, 1.165) is 16.6 Å². The molecule has 0 radical (unpaired) electrons. The molecule has 0 saturated heterocycles. The summed E-state index contributed by atoms with van der Waals surface area (Å²) in [5.41, 5.74) is 2.30. The summed E-state index contributed by atoms with van der Waals surface area (Å²) < 4.78 is 3.22. The second kappa shape index (κ2) is 3.60. The Bertz CT molecular complexity index is 278. The molecule has 0 aliphatic heterocycles. The molecule has 0 amide bonds. The topological polar surface area (TPSA) is 17.8 Å². The van der Waals surface area contributed by atoms with Crippen molar-refractivity contribution in [1.29, 1.82) is 0 Å². The van der Waals surface area contributed by atoms with Crippen molar-refractivity contribution in [2.75, 3.05) is 0 Å². The first-order chi connectivity index (χ1) is 5.57. The van der Waals surface area contributed by atoms with Crippen LogP contribution in [0.15, 0.2) is 4.47 Å². The normalized spacial score (nSPS) is 13.4. The molecule has 0 spiro atoms. The Morgan fingerprint density at radius 1 is 1.50 bits per heavy atom. The van der Waals surface area contributed by atoms with Gasteiger partial charge in [0.25, 0.3) is 0 Å². The highest BCUT2D eigenvalue weighted by Gasteiger charge is 2.11. The number of halogens is 1. The Labute approximate surface area is 82.1 Å². The highest BCUT2D eigenvalue weighted by atomic mass is 79.9. The van der Waals surface area contributed by atoms with E-state index in [-0.39, 0.29) is 0 Å². The molecule has 1 aromatic rings. The van der Waals surface area contributed by atoms with Crippen LogP contribution in [0.4, 0.5) is 0 Å². The predicted molar refractivity (Wildman–Crippen MR) is 54.4 cm³/mol. The Morgan fingerprint density at radius 3 is 2.42 bits per heavy atom. The van der Waals surface area contributed by atoms with Gasteiger partial charge in [0.2, 0.25) is 0 Å². The molecule has 1 rings (SSSR count). The molecule has 1 unspecified atom stereocenters. The maximum atomic E-state index is 4.45. The fraction of sp³-hybridized carbons (Fsp3) is 0.667. The van der Waals surface area contributed by atoms with Gasteiger partial charge in [-0.2, -0.15) is 5.10 Å². The molecule has 12 heavy (non-hydrogen) atoms. The van der Waals surface area contributed by atoms with E-state index in [0.29, 0.717) is 6.04 Å². The minimum atomic E-state index is 0.495. The standard InChI is InChI=1S/C9H15BrN2/c1-5-6(2)12-8(4)9(10)7(3)11-12/h6H,5H2,1-4H3. The van der Waals surface area contributed by atoms with Crippen LogP contribution in [0.25, 0.3) is 0 Å². The third-order valence-electron chi connectivity index (χ3n) is 2.25. The molecular formula is C9H15BrN2. The summed E-state index contributed by atoms with van der Waals surface area (Å²) in [5.74, 6) is 0. The third-order valence-corrected chi connectivity index (χ3v) is 3.39. The van der Waals surface area contributed by atoms with Crippen molar-refractivity contribution in [3.8, 4) is 0 Å². The zero-order valence-corrected chi connectivity index (χ0v) is 9.64. The second-order valence-electron chi connectivity index (χ2n) is 3.19. The lowest BCUT2D eigenvalue weighted by molar-refractivity contribution is 0.465. The molecule has 0 aliphatic carbocycles. The maximum absolute atomic E-state index is 4.45. The quantitative estimate of drug-likeness (QED) is 0.763. The summed E-state index contributed by atoms with van der Waals surface area (Å²) in [6.45, 7) is 8.48. The minimum absolute atomic E-state index is 0.495. The molecule has 3 heteroatoms. The zero-order valence-electron chi connectivity index (χ0n) is 8.06. The zero-order chi connectivity index (χ0) is 9.30. The van der Waals surface area contributed by atoms with Crippen LogP contribution in [0.5, 0.6) is 0 Å². The Morgan fingerprint density at radius 2 is 2.08 bits per heavy atom. The summed E-state index contributed by atoms with van der Waals surface area (Å²) >= 11 is 3.51. The molecule has 0 fully saturated rings. The van der Waals surface area contributed by atoms with E-state index < -0.39 is 0 Å². The Kier molecular flexibility index (Phi) is 2.94. The average Bonchev–Trinajstić information content (AvgIpc) is 2.32. The van der Waals surface area contributed by atoms with Crippen LogP contribution in [-0.4, -0.2) is 9.78 Å². The van der Waals surface area contributed by atoms with E-state index in [1.54, 1.807) is 0 Å². The van der Waals surface area contributed by atoms with E-state index in [1.165, 1.54) is 5.69 Å². The van der Waals surface area contributed by atoms with E-state index in [2.05, 4.69) is 46.5 Å². The molecule has 68 valence electrons. The number of aryl methyl sites for hydroxylation is 1. The number of hydrogen-bond acceptors (Lipinski definition) is 1. The maximum Gasteiger partial charge on any atom is 0.0738 e. The van der Waals surface area contributed by atoms with E-state index in [9.17, 15) is 0 Å². The van der Waals surface area contributed by atoms with Crippen LogP contribution in [0.1, 0.15) is 37.7 Å². The molecule has 0 aromatic carbocycles. The summed E-state index contributed by atoms with van der Waals surface area (Å²) in [6.07, 6.45) is 1.12. The van der Waals surface area contributed by atoms with Gasteiger partial charge in [-0.3, -0.25) is 4.68 Å². The van der Waals surface area contributed by atoms with Crippen molar-refractivity contribution < 1.29 is 0 Å². The molecule has 0 bridgehead atoms. The van der Waals surface area contributed by atoms with Crippen molar-refractivity contribution in [2.24, 2.45) is 0 Å². The minimum Gasteiger partial charge on any atom is -0.266 e. The molecule has 1 heterocycles. The van der Waals surface area contributed by atoms with Crippen molar-refractivity contribution in [3.05, 3.63) is 15.9 Å². The summed E-state index contributed by atoms with van der Waals surface area (Å²) in [7, 11) is 0. The Balaban J connectivity index is 3.08. The van der Waals surface area contributed by atoms with Crippen LogP contribution in [0.3, 0.4) is 0 Å². The summed E-state index contributed by atoms with van der Waals surface area (Å²) in [5, 5.41) is 4.45. The lowest BCUT2D eigenvalue weighted by Gasteiger charge is -2.10. The molecular weight excluding hydrogens is 216 g/mol. The predicted octanol–water partition coefficient (Wildman–Crippen LogP) is 3.23.